The number of aryl methyl sites for hydroxylation is 1. The van der Waals surface area contributed by atoms with E-state index < -0.39 is 0 Å². The van der Waals surface area contributed by atoms with Gasteiger partial charge in [-0.05, 0) is 29.5 Å². The SMILES string of the molecule is CNc1nc(-c2ncn[nH]2)nc(C)c1I. The Labute approximate surface area is 100 Å². The van der Waals surface area contributed by atoms with E-state index in [9.17, 15) is 0 Å². The fourth-order valence-electron chi connectivity index (χ4n) is 1.14. The van der Waals surface area contributed by atoms with Gasteiger partial charge in [-0.3, -0.25) is 5.10 Å². The number of hydrogen-bond acceptors (Lipinski definition) is 5. The van der Waals surface area contributed by atoms with Crippen LogP contribution in [0.1, 0.15) is 5.69 Å². The van der Waals surface area contributed by atoms with E-state index in [1.54, 1.807) is 0 Å². The third-order valence-electron chi connectivity index (χ3n) is 1.88. The minimum atomic E-state index is 0.551. The molecule has 0 unspecified atom stereocenters. The second-order valence-electron chi connectivity index (χ2n) is 2.88. The highest BCUT2D eigenvalue weighted by Crippen LogP contribution is 2.20. The van der Waals surface area contributed by atoms with Gasteiger partial charge in [0.05, 0.1) is 9.26 Å². The van der Waals surface area contributed by atoms with Crippen LogP contribution in [0.25, 0.3) is 11.6 Å². The molecule has 2 rings (SSSR count). The number of rotatable bonds is 2. The summed E-state index contributed by atoms with van der Waals surface area (Å²) in [6, 6.07) is 0. The van der Waals surface area contributed by atoms with Gasteiger partial charge in [0.2, 0.25) is 0 Å². The molecule has 6 nitrogen and oxygen atoms in total. The highest BCUT2D eigenvalue weighted by Gasteiger charge is 2.11. The Morgan fingerprint density at radius 2 is 2.20 bits per heavy atom. The van der Waals surface area contributed by atoms with E-state index in [-0.39, 0.29) is 0 Å². The molecule has 0 radical (unpaired) electrons. The largest absolute Gasteiger partial charge is 0.372 e. The van der Waals surface area contributed by atoms with Gasteiger partial charge < -0.3 is 5.32 Å². The second-order valence-corrected chi connectivity index (χ2v) is 3.96. The summed E-state index contributed by atoms with van der Waals surface area (Å²) in [6.45, 7) is 1.93. The molecule has 0 spiro atoms. The molecule has 0 aromatic carbocycles. The molecule has 7 heteroatoms. The van der Waals surface area contributed by atoms with Crippen molar-refractivity contribution in [3.8, 4) is 11.6 Å². The van der Waals surface area contributed by atoms with Crippen molar-refractivity contribution in [3.05, 3.63) is 15.6 Å². The molecule has 0 atom stereocenters. The second kappa shape index (κ2) is 4.09. The Kier molecular flexibility index (Phi) is 2.80. The highest BCUT2D eigenvalue weighted by molar-refractivity contribution is 14.1. The van der Waals surface area contributed by atoms with Crippen LogP contribution in [0.2, 0.25) is 0 Å². The summed E-state index contributed by atoms with van der Waals surface area (Å²) in [4.78, 5) is 12.7. The van der Waals surface area contributed by atoms with E-state index in [0.717, 1.165) is 15.1 Å². The first-order valence-electron chi connectivity index (χ1n) is 4.30. The van der Waals surface area contributed by atoms with E-state index in [4.69, 9.17) is 0 Å². The Morgan fingerprint density at radius 3 is 2.80 bits per heavy atom. The van der Waals surface area contributed by atoms with Crippen molar-refractivity contribution >= 4 is 28.4 Å². The van der Waals surface area contributed by atoms with Crippen molar-refractivity contribution in [2.45, 2.75) is 6.92 Å². The van der Waals surface area contributed by atoms with Crippen LogP contribution in [0.5, 0.6) is 0 Å². The Hall–Kier alpha value is -1.25. The first-order chi connectivity index (χ1) is 7.22. The molecule has 2 heterocycles. The summed E-state index contributed by atoms with van der Waals surface area (Å²) in [5, 5.41) is 9.52. The summed E-state index contributed by atoms with van der Waals surface area (Å²) >= 11 is 2.21. The summed E-state index contributed by atoms with van der Waals surface area (Å²) in [7, 11) is 1.83. The molecule has 0 amide bonds. The van der Waals surface area contributed by atoms with E-state index in [1.165, 1.54) is 6.33 Å². The summed E-state index contributed by atoms with van der Waals surface area (Å²) in [5.74, 6) is 1.93. The van der Waals surface area contributed by atoms with Gasteiger partial charge in [-0.25, -0.2) is 15.0 Å². The normalized spacial score (nSPS) is 10.3. The predicted molar refractivity (Wildman–Crippen MR) is 64.4 cm³/mol. The maximum atomic E-state index is 4.33. The van der Waals surface area contributed by atoms with E-state index >= 15 is 0 Å². The lowest BCUT2D eigenvalue weighted by atomic mass is 10.4. The Morgan fingerprint density at radius 1 is 1.40 bits per heavy atom. The molecule has 2 aromatic rings. The Balaban J connectivity index is 2.55. The topological polar surface area (TPSA) is 79.4 Å². The molecule has 78 valence electrons. The van der Waals surface area contributed by atoms with Gasteiger partial charge in [-0.1, -0.05) is 0 Å². The number of hydrogen-bond donors (Lipinski definition) is 2. The molecule has 2 aromatic heterocycles. The molecule has 0 bridgehead atoms. The first kappa shape index (κ1) is 10.3. The number of aromatic amines is 1. The van der Waals surface area contributed by atoms with Gasteiger partial charge >= 0.3 is 0 Å². The monoisotopic (exact) mass is 316 g/mol. The average Bonchev–Trinajstić information content (AvgIpc) is 2.75. The van der Waals surface area contributed by atoms with Gasteiger partial charge in [0.15, 0.2) is 11.6 Å². The zero-order chi connectivity index (χ0) is 10.8. The van der Waals surface area contributed by atoms with Crippen LogP contribution >= 0.6 is 22.6 Å². The fourth-order valence-corrected chi connectivity index (χ4v) is 1.65. The molecular weight excluding hydrogens is 307 g/mol. The van der Waals surface area contributed by atoms with Crippen molar-refractivity contribution in [3.63, 3.8) is 0 Å². The molecule has 0 fully saturated rings. The molecule has 0 aliphatic heterocycles. The quantitative estimate of drug-likeness (QED) is 0.815. The molecule has 0 saturated heterocycles. The van der Waals surface area contributed by atoms with Crippen LogP contribution in [0, 0.1) is 10.5 Å². The van der Waals surface area contributed by atoms with Crippen LogP contribution in [0.15, 0.2) is 6.33 Å². The van der Waals surface area contributed by atoms with E-state index in [1.807, 2.05) is 14.0 Å². The lowest BCUT2D eigenvalue weighted by Gasteiger charge is -2.06. The molecule has 0 aliphatic carbocycles. The standard InChI is InChI=1S/C8H9IN6/c1-4-5(9)6(10-2)14-8(13-4)7-11-3-12-15-7/h3H,1-2H3,(H,10,13,14)(H,11,12,15). The maximum absolute atomic E-state index is 4.33. The van der Waals surface area contributed by atoms with Crippen molar-refractivity contribution in [1.82, 2.24) is 25.1 Å². The number of anilines is 1. The zero-order valence-corrected chi connectivity index (χ0v) is 10.4. The number of aromatic nitrogens is 5. The van der Waals surface area contributed by atoms with Gasteiger partial charge in [0.1, 0.15) is 12.1 Å². The number of H-pyrrole nitrogens is 1. The molecule has 2 N–H and O–H groups in total. The maximum Gasteiger partial charge on any atom is 0.199 e. The fraction of sp³-hybridized carbons (Fsp3) is 0.250. The van der Waals surface area contributed by atoms with Crippen LogP contribution in [-0.2, 0) is 0 Å². The smallest absolute Gasteiger partial charge is 0.199 e. The minimum Gasteiger partial charge on any atom is -0.372 e. The van der Waals surface area contributed by atoms with Gasteiger partial charge in [0.25, 0.3) is 0 Å². The van der Waals surface area contributed by atoms with E-state index in [2.05, 4.69) is 53.1 Å². The summed E-state index contributed by atoms with van der Waals surface area (Å²) in [6.07, 6.45) is 1.44. The summed E-state index contributed by atoms with van der Waals surface area (Å²) < 4.78 is 1.01. The molecule has 0 saturated carbocycles. The lowest BCUT2D eigenvalue weighted by Crippen LogP contribution is -2.03. The summed E-state index contributed by atoms with van der Waals surface area (Å²) in [5.41, 5.74) is 0.918. The Bertz CT molecular complexity index is 466. The average molecular weight is 316 g/mol. The number of nitrogens with zero attached hydrogens (tertiary/aromatic N) is 4. The van der Waals surface area contributed by atoms with E-state index in [0.29, 0.717) is 11.6 Å². The zero-order valence-electron chi connectivity index (χ0n) is 8.24. The van der Waals surface area contributed by atoms with Crippen molar-refractivity contribution in [2.75, 3.05) is 12.4 Å². The van der Waals surface area contributed by atoms with Gasteiger partial charge in [-0.15, -0.1) is 0 Å². The number of halogens is 1. The van der Waals surface area contributed by atoms with Crippen LogP contribution in [0.3, 0.4) is 0 Å². The third-order valence-corrected chi connectivity index (χ3v) is 3.17. The van der Waals surface area contributed by atoms with Crippen molar-refractivity contribution < 1.29 is 0 Å². The van der Waals surface area contributed by atoms with Crippen LogP contribution in [0.4, 0.5) is 5.82 Å². The van der Waals surface area contributed by atoms with Crippen LogP contribution in [-0.4, -0.2) is 32.2 Å². The van der Waals surface area contributed by atoms with Gasteiger partial charge in [0, 0.05) is 7.05 Å². The highest BCUT2D eigenvalue weighted by atomic mass is 127. The molecular formula is C8H9IN6. The van der Waals surface area contributed by atoms with Crippen molar-refractivity contribution in [1.29, 1.82) is 0 Å². The molecule has 15 heavy (non-hydrogen) atoms. The lowest BCUT2D eigenvalue weighted by molar-refractivity contribution is 1.03. The van der Waals surface area contributed by atoms with Gasteiger partial charge in [-0.2, -0.15) is 5.10 Å². The van der Waals surface area contributed by atoms with Crippen LogP contribution < -0.4 is 5.32 Å². The number of nitrogens with one attached hydrogen (secondary N) is 2. The van der Waals surface area contributed by atoms with Crippen molar-refractivity contribution in [2.24, 2.45) is 0 Å². The predicted octanol–water partition coefficient (Wildman–Crippen LogP) is 1.22. The molecule has 0 aliphatic rings. The third kappa shape index (κ3) is 1.91. The minimum absolute atomic E-state index is 0.551. The first-order valence-corrected chi connectivity index (χ1v) is 5.38.